The van der Waals surface area contributed by atoms with Crippen LogP contribution < -0.4 is 11.1 Å². The Bertz CT molecular complexity index is 452. The summed E-state index contributed by atoms with van der Waals surface area (Å²) in [7, 11) is 0. The van der Waals surface area contributed by atoms with Gasteiger partial charge >= 0.3 is 5.97 Å². The van der Waals surface area contributed by atoms with Crippen molar-refractivity contribution in [3.63, 3.8) is 0 Å². The second kappa shape index (κ2) is 9.07. The lowest BCUT2D eigenvalue weighted by Gasteiger charge is -2.20. The monoisotopic (exact) mass is 298 g/mol. The molecule has 0 bridgehead atoms. The van der Waals surface area contributed by atoms with E-state index in [2.05, 4.69) is 11.9 Å². The molecule has 21 heavy (non-hydrogen) atoms. The largest absolute Gasteiger partial charge is 0.480 e. The average Bonchev–Trinajstić information content (AvgIpc) is 2.40. The first-order valence-corrected chi connectivity index (χ1v) is 6.63. The number of aliphatic carboxylic acids is 1. The average molecular weight is 298 g/mol. The summed E-state index contributed by atoms with van der Waals surface area (Å²) in [6.07, 6.45) is 4.20. The summed E-state index contributed by atoms with van der Waals surface area (Å²) >= 11 is 0. The van der Waals surface area contributed by atoms with E-state index in [1.54, 1.807) is 13.8 Å². The molecule has 0 heterocycles. The van der Waals surface area contributed by atoms with Gasteiger partial charge in [-0.1, -0.05) is 38.7 Å². The number of hydrogen-bond acceptors (Lipinski definition) is 3. The van der Waals surface area contributed by atoms with Gasteiger partial charge in [0.25, 0.3) is 0 Å². The Balaban J connectivity index is 5.04. The zero-order chi connectivity index (χ0) is 16.6. The van der Waals surface area contributed by atoms with Crippen LogP contribution in [-0.2, 0) is 9.59 Å². The van der Waals surface area contributed by atoms with Crippen molar-refractivity contribution in [3.8, 4) is 0 Å². The number of amides is 1. The highest BCUT2D eigenvalue weighted by Gasteiger charge is 2.25. The predicted molar refractivity (Wildman–Crippen MR) is 80.1 cm³/mol. The molecule has 0 aromatic heterocycles. The molecule has 0 spiro atoms. The highest BCUT2D eigenvalue weighted by molar-refractivity contribution is 5.87. The fraction of sp³-hybridized carbons (Fsp3) is 0.467. The molecular weight excluding hydrogens is 275 g/mol. The fourth-order valence-corrected chi connectivity index (χ4v) is 1.50. The van der Waals surface area contributed by atoms with Gasteiger partial charge in [0.2, 0.25) is 5.91 Å². The second-order valence-corrected chi connectivity index (χ2v) is 5.03. The summed E-state index contributed by atoms with van der Waals surface area (Å²) in [5.41, 5.74) is 5.84. The topological polar surface area (TPSA) is 92.4 Å². The highest BCUT2D eigenvalue weighted by Crippen LogP contribution is 2.15. The van der Waals surface area contributed by atoms with Crippen LogP contribution >= 0.6 is 0 Å². The van der Waals surface area contributed by atoms with Crippen LogP contribution in [0.4, 0.5) is 4.39 Å². The molecule has 118 valence electrons. The molecular formula is C15H23FN2O3. The van der Waals surface area contributed by atoms with Crippen LogP contribution in [0.2, 0.25) is 0 Å². The van der Waals surface area contributed by atoms with Gasteiger partial charge in [0.1, 0.15) is 11.9 Å². The molecule has 0 rings (SSSR count). The molecule has 0 aliphatic rings. The number of carboxylic acids is 1. The molecule has 1 unspecified atom stereocenters. The number of carbonyl (C=O) groups is 2. The summed E-state index contributed by atoms with van der Waals surface area (Å²) in [5, 5.41) is 11.5. The van der Waals surface area contributed by atoms with E-state index >= 15 is 0 Å². The van der Waals surface area contributed by atoms with E-state index in [1.165, 1.54) is 25.2 Å². The first-order chi connectivity index (χ1) is 9.70. The van der Waals surface area contributed by atoms with Crippen LogP contribution in [0.25, 0.3) is 0 Å². The van der Waals surface area contributed by atoms with Gasteiger partial charge in [-0.3, -0.25) is 4.79 Å². The number of nitrogens with one attached hydrogen (secondary N) is 1. The Kier molecular flexibility index (Phi) is 8.23. The second-order valence-electron chi connectivity index (χ2n) is 5.03. The van der Waals surface area contributed by atoms with Crippen molar-refractivity contribution < 1.29 is 19.1 Å². The number of carboxylic acid groups (broad SMARTS) is 1. The van der Waals surface area contributed by atoms with E-state index in [1.807, 2.05) is 0 Å². The van der Waals surface area contributed by atoms with Gasteiger partial charge in [-0.25, -0.2) is 9.18 Å². The summed E-state index contributed by atoms with van der Waals surface area (Å²) in [4.78, 5) is 23.0. The van der Waals surface area contributed by atoms with Gasteiger partial charge in [0, 0.05) is 6.42 Å². The maximum absolute atomic E-state index is 13.4. The smallest absolute Gasteiger partial charge is 0.326 e. The van der Waals surface area contributed by atoms with Gasteiger partial charge in [0.15, 0.2) is 0 Å². The lowest BCUT2D eigenvalue weighted by Crippen LogP contribution is -2.50. The minimum Gasteiger partial charge on any atom is -0.480 e. The summed E-state index contributed by atoms with van der Waals surface area (Å²) < 4.78 is 13.4. The number of allylic oxidation sites excluding steroid dienone is 4. The van der Waals surface area contributed by atoms with Crippen molar-refractivity contribution in [2.45, 2.75) is 39.3 Å². The van der Waals surface area contributed by atoms with Crippen molar-refractivity contribution in [1.29, 1.82) is 0 Å². The number of carbonyl (C=O) groups excluding carboxylic acids is 1. The standard InChI is InChI=1S/C15H23FN2O3/c1-5-6-7-11(10(4)16)8-12(15(20)21)18-14(19)13(17)9(2)3/h5-7,9,12-13H,1,8,17H2,2-4H3,(H,18,19)(H,20,21)/b7-6-,11-10-/t12?,13-/m0/s1. The minimum atomic E-state index is -1.25. The Labute approximate surface area is 124 Å². The van der Waals surface area contributed by atoms with E-state index in [0.717, 1.165) is 0 Å². The third-order valence-corrected chi connectivity index (χ3v) is 2.94. The van der Waals surface area contributed by atoms with Crippen LogP contribution in [0, 0.1) is 5.92 Å². The zero-order valence-corrected chi connectivity index (χ0v) is 12.6. The van der Waals surface area contributed by atoms with E-state index in [0.29, 0.717) is 0 Å². The molecule has 0 aliphatic carbocycles. The molecule has 2 atom stereocenters. The lowest BCUT2D eigenvalue weighted by molar-refractivity contribution is -0.142. The fourth-order valence-electron chi connectivity index (χ4n) is 1.50. The maximum Gasteiger partial charge on any atom is 0.326 e. The first kappa shape index (κ1) is 19.1. The number of nitrogens with two attached hydrogens (primary N) is 1. The number of rotatable bonds is 8. The molecule has 0 aromatic rings. The van der Waals surface area contributed by atoms with Gasteiger partial charge in [0.05, 0.1) is 6.04 Å². The minimum absolute atomic E-state index is 0.127. The number of hydrogen-bond donors (Lipinski definition) is 3. The Hall–Kier alpha value is -1.95. The van der Waals surface area contributed by atoms with Crippen LogP contribution in [0.5, 0.6) is 0 Å². The van der Waals surface area contributed by atoms with Crippen LogP contribution in [0.15, 0.2) is 36.2 Å². The molecule has 4 N–H and O–H groups in total. The molecule has 0 saturated carbocycles. The molecule has 5 nitrogen and oxygen atoms in total. The third kappa shape index (κ3) is 6.85. The Morgan fingerprint density at radius 1 is 1.43 bits per heavy atom. The van der Waals surface area contributed by atoms with Gasteiger partial charge in [-0.2, -0.15) is 0 Å². The molecule has 0 saturated heterocycles. The van der Waals surface area contributed by atoms with Crippen molar-refractivity contribution in [2.75, 3.05) is 0 Å². The molecule has 6 heteroatoms. The van der Waals surface area contributed by atoms with Crippen molar-refractivity contribution in [2.24, 2.45) is 11.7 Å². The van der Waals surface area contributed by atoms with Crippen LogP contribution in [-0.4, -0.2) is 29.1 Å². The molecule has 0 fully saturated rings. The molecule has 0 aromatic carbocycles. The molecule has 0 aliphatic heterocycles. The Morgan fingerprint density at radius 2 is 2.00 bits per heavy atom. The first-order valence-electron chi connectivity index (χ1n) is 6.63. The predicted octanol–water partition coefficient (Wildman–Crippen LogP) is 1.91. The quantitative estimate of drug-likeness (QED) is 0.597. The van der Waals surface area contributed by atoms with Crippen molar-refractivity contribution >= 4 is 11.9 Å². The van der Waals surface area contributed by atoms with E-state index in [-0.39, 0.29) is 17.9 Å². The van der Waals surface area contributed by atoms with Crippen molar-refractivity contribution in [3.05, 3.63) is 36.2 Å². The van der Waals surface area contributed by atoms with Gasteiger partial charge < -0.3 is 16.2 Å². The zero-order valence-electron chi connectivity index (χ0n) is 12.6. The number of halogens is 1. The molecule has 0 radical (unpaired) electrons. The lowest BCUT2D eigenvalue weighted by atomic mass is 10.0. The maximum atomic E-state index is 13.4. The van der Waals surface area contributed by atoms with E-state index in [4.69, 9.17) is 10.8 Å². The van der Waals surface area contributed by atoms with Crippen molar-refractivity contribution in [1.82, 2.24) is 5.32 Å². The van der Waals surface area contributed by atoms with Gasteiger partial charge in [-0.05, 0) is 18.4 Å². The van der Waals surface area contributed by atoms with E-state index in [9.17, 15) is 14.0 Å². The summed E-state index contributed by atoms with van der Waals surface area (Å²) in [5.74, 6) is -2.45. The highest BCUT2D eigenvalue weighted by atomic mass is 19.1. The summed E-state index contributed by atoms with van der Waals surface area (Å²) in [6, 6.07) is -2.05. The molecule has 1 amide bonds. The Morgan fingerprint density at radius 3 is 2.38 bits per heavy atom. The third-order valence-electron chi connectivity index (χ3n) is 2.94. The van der Waals surface area contributed by atoms with Crippen LogP contribution in [0.3, 0.4) is 0 Å². The summed E-state index contributed by atoms with van der Waals surface area (Å²) in [6.45, 7) is 8.20. The SMILES string of the molecule is C=C/C=C\C(CC(NC(=O)[C@@H](N)C(C)C)C(=O)O)=C(/C)F. The van der Waals surface area contributed by atoms with Gasteiger partial charge in [-0.15, -0.1) is 0 Å². The van der Waals surface area contributed by atoms with Crippen LogP contribution in [0.1, 0.15) is 27.2 Å². The normalized spacial score (nSPS) is 15.5. The van der Waals surface area contributed by atoms with E-state index < -0.39 is 29.8 Å².